The monoisotopic (exact) mass is 1900 g/mol. The number of carboxylic acid groups (broad SMARTS) is 1. The lowest BCUT2D eigenvalue weighted by atomic mass is 9.99. The lowest BCUT2D eigenvalue weighted by molar-refractivity contribution is -0.149. The van der Waals surface area contributed by atoms with E-state index in [0.717, 1.165) is 26.5 Å². The number of aliphatic carboxylic acids is 1. The first-order valence-corrected chi connectivity index (χ1v) is 47.3. The molecule has 2 aromatic heterocycles. The molecule has 14 atom stereocenters. The number of hydrogen-bond donors (Lipinski definition) is 20. The second-order valence-corrected chi connectivity index (χ2v) is 36.1. The number of fused-ring (bicyclic) bond motifs is 4. The minimum atomic E-state index is -1.87. The van der Waals surface area contributed by atoms with E-state index in [1.807, 2.05) is 13.8 Å². The Kier molecular flexibility index (Phi) is 41.9. The third-order valence-electron chi connectivity index (χ3n) is 24.5. The first-order chi connectivity index (χ1) is 64.4. The molecule has 3 aromatic carbocycles. The highest BCUT2D eigenvalue weighted by Crippen LogP contribution is 2.28. The molecule has 0 aliphatic carbocycles. The number of guanidine groups is 1. The second-order valence-electron chi connectivity index (χ2n) is 35.1. The van der Waals surface area contributed by atoms with Gasteiger partial charge in [-0.2, -0.15) is 0 Å². The molecule has 23 N–H and O–H groups in total. The number of aromatic hydroxyl groups is 1. The fourth-order valence-electron chi connectivity index (χ4n) is 16.9. The van der Waals surface area contributed by atoms with Crippen LogP contribution in [0.3, 0.4) is 0 Å². The average molecular weight is 1900 g/mol. The standard InChI is InChI=1S/C92H134N22O20S/c1-9-11-13-30-71-84(127)102-63(28-20-38-97-92(95)96)81(124)109-70(79(122)100-48-75(94)117)50-135-51-76(118)101-66(42-54-33-35-57(116)36-34-54)87(130)110(6)53(5)78(121)105-68(45-77(119)120)90(133)114-40-21-31-72(114)85(128)103-62(27-18-19-37-93)80(123)106-65(41-52(3)4)89(132)113-39-22-32-73(113)86(129)104-64(43-55-46-98-60-25-16-14-23-58(55)60)82(125)108-69(49-115)83(126)107-67(44-56-47-99-61-26-17-15-24-59(56)61)88(131)112(8)74(29-12-10-2)91(134)111(71)7/h14-17,23-26,33-36,46-47,52-53,62-74,98-99,115-116H,9-13,18-22,27-32,37-45,48-51,93H2,1-8H3,(H2,94,117)(H,100,122)(H,101,118)(H,102,127)(H,103,128)(H,104,129)(H,105,121)(H,106,123)(H,107,126)(H,108,125)(H,109,124)(H,119,120)(H4,95,96,97)/t53-,62-,63-,64-,65-,66-,67-,68-,69-,70-,71-,72-,73-,74-/m0/s1. The van der Waals surface area contributed by atoms with E-state index < -0.39 is 222 Å². The van der Waals surface area contributed by atoms with Gasteiger partial charge in [-0.05, 0) is 137 Å². The first kappa shape index (κ1) is 107. The number of carbonyl (C=O) groups excluding carboxylic acids is 16. The Labute approximate surface area is 788 Å². The van der Waals surface area contributed by atoms with Crippen LogP contribution in [-0.4, -0.2) is 313 Å². The zero-order valence-electron chi connectivity index (χ0n) is 77.9. The van der Waals surface area contributed by atoms with Crippen molar-refractivity contribution >= 4 is 140 Å². The molecule has 16 amide bonds. The van der Waals surface area contributed by atoms with Crippen LogP contribution in [0.5, 0.6) is 5.75 Å². The van der Waals surface area contributed by atoms with Crippen LogP contribution in [0, 0.1) is 11.3 Å². The number of phenolic OH excluding ortho intramolecular Hbond substituents is 1. The van der Waals surface area contributed by atoms with E-state index in [9.17, 15) is 63.3 Å². The second kappa shape index (κ2) is 52.7. The summed E-state index contributed by atoms with van der Waals surface area (Å²) in [5.41, 5.74) is 19.8. The number of nitrogens with zero attached hydrogens (tertiary/aromatic N) is 5. The number of aromatic amines is 2. The predicted octanol–water partition coefficient (Wildman–Crippen LogP) is -0.747. The molecule has 43 heteroatoms. The van der Waals surface area contributed by atoms with Gasteiger partial charge in [-0.15, -0.1) is 11.8 Å². The number of benzene rings is 3. The third-order valence-corrected chi connectivity index (χ3v) is 25.5. The number of amides is 16. The number of carbonyl (C=O) groups is 17. The van der Waals surface area contributed by atoms with E-state index in [1.54, 1.807) is 74.8 Å². The van der Waals surface area contributed by atoms with E-state index in [0.29, 0.717) is 77.0 Å². The van der Waals surface area contributed by atoms with Crippen molar-refractivity contribution in [2.45, 2.75) is 254 Å². The van der Waals surface area contributed by atoms with Crippen LogP contribution in [0.2, 0.25) is 0 Å². The molecule has 0 bridgehead atoms. The van der Waals surface area contributed by atoms with Crippen LogP contribution in [-0.2, 0) is 101 Å². The number of nitrogens with one attached hydrogen (secondary N) is 14. The Bertz CT molecular complexity index is 4990. The summed E-state index contributed by atoms with van der Waals surface area (Å²) >= 11 is 0.761. The molecule has 135 heavy (non-hydrogen) atoms. The third kappa shape index (κ3) is 31.1. The number of aliphatic hydroxyl groups excluding tert-OH is 1. The maximum absolute atomic E-state index is 15.8. The highest BCUT2D eigenvalue weighted by Gasteiger charge is 2.46. The molecule has 3 aliphatic rings. The van der Waals surface area contributed by atoms with Crippen molar-refractivity contribution in [3.63, 3.8) is 0 Å². The highest BCUT2D eigenvalue weighted by molar-refractivity contribution is 8.00. The maximum atomic E-state index is 15.8. The summed E-state index contributed by atoms with van der Waals surface area (Å²) in [6.45, 7) is 6.88. The summed E-state index contributed by atoms with van der Waals surface area (Å²) in [5.74, 6) is -17.9. The summed E-state index contributed by atoms with van der Waals surface area (Å²) in [6.07, 6.45) is 4.87. The van der Waals surface area contributed by atoms with Crippen molar-refractivity contribution in [1.82, 2.24) is 93.0 Å². The molecule has 5 heterocycles. The molecule has 0 spiro atoms. The van der Waals surface area contributed by atoms with Gasteiger partial charge >= 0.3 is 5.97 Å². The van der Waals surface area contributed by atoms with Crippen LogP contribution >= 0.6 is 11.8 Å². The minimum Gasteiger partial charge on any atom is -0.508 e. The van der Waals surface area contributed by atoms with Crippen LogP contribution in [0.15, 0.2) is 85.2 Å². The molecule has 0 saturated carbocycles. The normalized spacial score (nSPS) is 24.2. The highest BCUT2D eigenvalue weighted by atomic mass is 32.2. The number of thioether (sulfide) groups is 1. The molecule has 3 saturated heterocycles. The quantitative estimate of drug-likeness (QED) is 0.0159. The Morgan fingerprint density at radius 2 is 1.01 bits per heavy atom. The maximum Gasteiger partial charge on any atom is 0.305 e. The van der Waals surface area contributed by atoms with Gasteiger partial charge < -0.3 is 125 Å². The first-order valence-electron chi connectivity index (χ1n) is 46.1. The van der Waals surface area contributed by atoms with Gasteiger partial charge in [0.05, 0.1) is 25.3 Å². The van der Waals surface area contributed by atoms with Gasteiger partial charge in [-0.25, -0.2) is 0 Å². The van der Waals surface area contributed by atoms with Crippen molar-refractivity contribution < 1.29 is 96.8 Å². The number of primary amides is 1. The predicted molar refractivity (Wildman–Crippen MR) is 502 cm³/mol. The molecular weight excluding hydrogens is 1770 g/mol. The Hall–Kier alpha value is -12.9. The SMILES string of the molecule is CCCCC[C@H]1C(=O)N[C@@H](CCCNC(=N)N)C(=O)N[C@H](C(=O)NCC(N)=O)CSCC(=O)N[C@@H](Cc2ccc(O)cc2)C(=O)N(C)[C@@H](C)C(=O)N[C@@H](CC(=O)O)C(=O)N2CCC[C@H]2C(=O)N[C@@H](CCCCN)C(=O)N[C@@H](CC(C)C)C(=O)N2CCC[C@H]2C(=O)N[C@@H](Cc2c[nH]c3ccccc23)C(=O)N[C@@H](CO)C(=O)N[C@@H](Cc2c[nH]c3ccccc23)C(=O)N(C)[C@@H](CCCC)C(=O)N1C. The smallest absolute Gasteiger partial charge is 0.305 e. The van der Waals surface area contributed by atoms with Crippen LogP contribution in [0.1, 0.15) is 167 Å². The molecule has 0 radical (unpaired) electrons. The van der Waals surface area contributed by atoms with E-state index in [2.05, 4.69) is 68.5 Å². The number of H-pyrrole nitrogens is 2. The number of carboxylic acids is 1. The van der Waals surface area contributed by atoms with Gasteiger partial charge in [0.15, 0.2) is 5.96 Å². The molecule has 8 rings (SSSR count). The molecule has 0 unspecified atom stereocenters. The molecule has 3 aliphatic heterocycles. The fraction of sp³-hybridized carbons (Fsp3) is 0.565. The van der Waals surface area contributed by atoms with Crippen LogP contribution in [0.4, 0.5) is 0 Å². The van der Waals surface area contributed by atoms with Gasteiger partial charge in [0, 0.05) is 100.0 Å². The van der Waals surface area contributed by atoms with Crippen molar-refractivity contribution in [1.29, 1.82) is 5.41 Å². The average Bonchev–Trinajstić information content (AvgIpc) is 1.73. The zero-order valence-corrected chi connectivity index (χ0v) is 78.7. The van der Waals surface area contributed by atoms with Gasteiger partial charge in [0.2, 0.25) is 94.5 Å². The number of likely N-dealkylation sites (N-methyl/N-ethyl adjacent to an activating group) is 3. The number of aliphatic hydroxyl groups is 1. The number of aromatic nitrogens is 2. The zero-order chi connectivity index (χ0) is 98.9. The molecule has 3 fully saturated rings. The number of hydrogen-bond acceptors (Lipinski definition) is 22. The van der Waals surface area contributed by atoms with Crippen molar-refractivity contribution in [2.24, 2.45) is 23.1 Å². The van der Waals surface area contributed by atoms with Gasteiger partial charge in [0.1, 0.15) is 90.3 Å². The number of phenols is 1. The van der Waals surface area contributed by atoms with Crippen LogP contribution < -0.4 is 75.7 Å². The van der Waals surface area contributed by atoms with Gasteiger partial charge in [-0.3, -0.25) is 86.9 Å². The Morgan fingerprint density at radius 1 is 0.519 bits per heavy atom. The van der Waals surface area contributed by atoms with Crippen LogP contribution in [0.25, 0.3) is 21.8 Å². The number of nitrogens with two attached hydrogens (primary N) is 3. The summed E-state index contributed by atoms with van der Waals surface area (Å²) in [4.78, 5) is 262. The summed E-state index contributed by atoms with van der Waals surface area (Å²) in [7, 11) is 3.93. The van der Waals surface area contributed by atoms with Crippen molar-refractivity contribution in [2.75, 3.05) is 72.0 Å². The molecular formula is C92H134N22O20S. The summed E-state index contributed by atoms with van der Waals surface area (Å²) in [5, 5.41) is 70.2. The lowest BCUT2D eigenvalue weighted by Crippen LogP contribution is -2.61. The lowest BCUT2D eigenvalue weighted by Gasteiger charge is -2.36. The molecule has 738 valence electrons. The van der Waals surface area contributed by atoms with Gasteiger partial charge in [-0.1, -0.05) is 108 Å². The van der Waals surface area contributed by atoms with Gasteiger partial charge in [0.25, 0.3) is 0 Å². The van der Waals surface area contributed by atoms with E-state index in [4.69, 9.17) is 22.6 Å². The topological polar surface area (TPSA) is 633 Å². The van der Waals surface area contributed by atoms with E-state index in [1.165, 1.54) is 62.1 Å². The minimum absolute atomic E-state index is 0.00118. The molecule has 5 aromatic rings. The van der Waals surface area contributed by atoms with E-state index >= 15 is 33.6 Å². The summed E-state index contributed by atoms with van der Waals surface area (Å²) < 4.78 is 0. The fourth-order valence-corrected chi connectivity index (χ4v) is 17.7. The largest absolute Gasteiger partial charge is 0.508 e. The number of para-hydroxylation sites is 2. The van der Waals surface area contributed by atoms with Crippen molar-refractivity contribution in [3.8, 4) is 5.75 Å². The number of unbranched alkanes of at least 4 members (excludes halogenated alkanes) is 4. The Balaban J connectivity index is 1.20. The Morgan fingerprint density at radius 3 is 1.58 bits per heavy atom. The summed E-state index contributed by atoms with van der Waals surface area (Å²) in [6, 6.07) is -1.40. The van der Waals surface area contributed by atoms with Crippen molar-refractivity contribution in [3.05, 3.63) is 102 Å². The molecule has 42 nitrogen and oxygen atoms in total. The van der Waals surface area contributed by atoms with E-state index in [-0.39, 0.29) is 128 Å². The number of rotatable bonds is 29.